The van der Waals surface area contributed by atoms with Gasteiger partial charge in [-0.1, -0.05) is 23.7 Å². The number of halogens is 1. The number of pyridine rings is 1. The van der Waals surface area contributed by atoms with Gasteiger partial charge in [-0.05, 0) is 29.4 Å². The number of carbonyl (C=O) groups excluding carboxylic acids is 1. The fourth-order valence-corrected chi connectivity index (χ4v) is 2.65. The van der Waals surface area contributed by atoms with Crippen LogP contribution < -0.4 is 0 Å². The van der Waals surface area contributed by atoms with Crippen molar-refractivity contribution in [2.75, 3.05) is 26.3 Å². The van der Waals surface area contributed by atoms with Crippen LogP contribution in [0, 0.1) is 4.91 Å². The molecule has 7 heteroatoms. The average molecular weight is 332 g/mol. The van der Waals surface area contributed by atoms with Crippen LogP contribution in [0.1, 0.15) is 10.4 Å². The van der Waals surface area contributed by atoms with Crippen molar-refractivity contribution < 1.29 is 9.53 Å². The Morgan fingerprint density at radius 2 is 2.00 bits per heavy atom. The molecule has 0 spiro atoms. The number of hydrogen-bond acceptors (Lipinski definition) is 5. The molecule has 1 fully saturated rings. The lowest BCUT2D eigenvalue weighted by Crippen LogP contribution is -2.40. The molecule has 3 rings (SSSR count). The van der Waals surface area contributed by atoms with Gasteiger partial charge in [0, 0.05) is 24.2 Å². The smallest absolute Gasteiger partial charge is 0.254 e. The molecule has 1 saturated heterocycles. The third-order valence-corrected chi connectivity index (χ3v) is 3.78. The molecule has 0 unspecified atom stereocenters. The molecule has 1 aromatic carbocycles. The highest BCUT2D eigenvalue weighted by molar-refractivity contribution is 6.30. The van der Waals surface area contributed by atoms with E-state index in [0.29, 0.717) is 48.8 Å². The molecule has 0 saturated carbocycles. The van der Waals surface area contributed by atoms with E-state index in [1.54, 1.807) is 41.3 Å². The zero-order valence-corrected chi connectivity index (χ0v) is 13.0. The largest absolute Gasteiger partial charge is 0.378 e. The predicted octanol–water partition coefficient (Wildman–Crippen LogP) is 3.27. The van der Waals surface area contributed by atoms with Gasteiger partial charge in [0.1, 0.15) is 10.8 Å². The molecule has 2 aromatic rings. The topological polar surface area (TPSA) is 71.9 Å². The number of benzene rings is 1. The maximum Gasteiger partial charge on any atom is 0.254 e. The summed E-state index contributed by atoms with van der Waals surface area (Å²) in [5.74, 6) is -0.108. The van der Waals surface area contributed by atoms with Gasteiger partial charge >= 0.3 is 0 Å². The van der Waals surface area contributed by atoms with Crippen LogP contribution in [0.25, 0.3) is 11.3 Å². The van der Waals surface area contributed by atoms with Crippen molar-refractivity contribution in [3.05, 3.63) is 52.0 Å². The molecule has 2 heterocycles. The Morgan fingerprint density at radius 1 is 1.22 bits per heavy atom. The maximum atomic E-state index is 12.6. The average Bonchev–Trinajstić information content (AvgIpc) is 2.61. The van der Waals surface area contributed by atoms with E-state index >= 15 is 0 Å². The summed E-state index contributed by atoms with van der Waals surface area (Å²) in [4.78, 5) is 29.2. The molecule has 0 atom stereocenters. The molecule has 0 radical (unpaired) electrons. The first-order chi connectivity index (χ1) is 11.2. The van der Waals surface area contributed by atoms with E-state index in [2.05, 4.69) is 10.2 Å². The van der Waals surface area contributed by atoms with Crippen LogP contribution in [0.15, 0.2) is 41.6 Å². The quantitative estimate of drug-likeness (QED) is 0.639. The summed E-state index contributed by atoms with van der Waals surface area (Å²) in [6.07, 6.45) is 0. The number of carbonyl (C=O) groups is 1. The van der Waals surface area contributed by atoms with Gasteiger partial charge < -0.3 is 9.64 Å². The molecule has 0 N–H and O–H groups in total. The second-order valence-electron chi connectivity index (χ2n) is 5.11. The molecular weight excluding hydrogens is 318 g/mol. The zero-order valence-electron chi connectivity index (χ0n) is 12.2. The van der Waals surface area contributed by atoms with Crippen LogP contribution in [-0.4, -0.2) is 42.1 Å². The van der Waals surface area contributed by atoms with E-state index in [4.69, 9.17) is 16.3 Å². The zero-order chi connectivity index (χ0) is 16.2. The van der Waals surface area contributed by atoms with E-state index in [-0.39, 0.29) is 11.1 Å². The lowest BCUT2D eigenvalue weighted by Gasteiger charge is -2.27. The van der Waals surface area contributed by atoms with E-state index in [1.807, 2.05) is 0 Å². The van der Waals surface area contributed by atoms with Gasteiger partial charge in [0.05, 0.1) is 18.9 Å². The van der Waals surface area contributed by atoms with Gasteiger partial charge in [0.2, 0.25) is 0 Å². The van der Waals surface area contributed by atoms with Gasteiger partial charge in [-0.2, -0.15) is 0 Å². The monoisotopic (exact) mass is 331 g/mol. The van der Waals surface area contributed by atoms with E-state index < -0.39 is 0 Å². The van der Waals surface area contributed by atoms with Crippen molar-refractivity contribution in [3.63, 3.8) is 0 Å². The van der Waals surface area contributed by atoms with Gasteiger partial charge in [0.15, 0.2) is 0 Å². The highest BCUT2D eigenvalue weighted by Crippen LogP contribution is 2.25. The first-order valence-electron chi connectivity index (χ1n) is 7.16. The number of hydrogen-bond donors (Lipinski definition) is 0. The lowest BCUT2D eigenvalue weighted by molar-refractivity contribution is 0.0303. The summed E-state index contributed by atoms with van der Waals surface area (Å²) >= 11 is 6.06. The van der Waals surface area contributed by atoms with E-state index in [0.717, 1.165) is 0 Å². The predicted molar refractivity (Wildman–Crippen MR) is 86.9 cm³/mol. The summed E-state index contributed by atoms with van der Waals surface area (Å²) in [6.45, 7) is 2.17. The minimum Gasteiger partial charge on any atom is -0.378 e. The molecule has 1 aliphatic heterocycles. The summed E-state index contributed by atoms with van der Waals surface area (Å²) in [5.41, 5.74) is 1.97. The first kappa shape index (κ1) is 15.6. The molecule has 23 heavy (non-hydrogen) atoms. The Labute approximate surface area is 138 Å². The number of ether oxygens (including phenoxy) is 1. The summed E-state index contributed by atoms with van der Waals surface area (Å²) in [7, 11) is 0. The maximum absolute atomic E-state index is 12.6. The van der Waals surface area contributed by atoms with Gasteiger partial charge in [-0.15, -0.1) is 4.91 Å². The van der Waals surface area contributed by atoms with Crippen LogP contribution in [0.2, 0.25) is 5.15 Å². The molecule has 6 nitrogen and oxygen atoms in total. The number of aromatic nitrogens is 1. The summed E-state index contributed by atoms with van der Waals surface area (Å²) in [6, 6.07) is 9.92. The van der Waals surface area contributed by atoms with E-state index in [1.165, 1.54) is 0 Å². The summed E-state index contributed by atoms with van der Waals surface area (Å²) in [5, 5.41) is 3.14. The highest BCUT2D eigenvalue weighted by Gasteiger charge is 2.20. The van der Waals surface area contributed by atoms with Gasteiger partial charge in [-0.3, -0.25) is 4.79 Å². The molecule has 1 aliphatic rings. The standard InChI is InChI=1S/C16H14ClN3O3/c17-15-10-12(16(21)20-4-6-23-7-5-20)9-14(18-15)11-2-1-3-13(8-11)19-22/h1-3,8-10H,4-7H2. The van der Waals surface area contributed by atoms with Crippen LogP contribution in [-0.2, 0) is 4.74 Å². The molecule has 1 aromatic heterocycles. The van der Waals surface area contributed by atoms with Crippen LogP contribution >= 0.6 is 11.6 Å². The van der Waals surface area contributed by atoms with E-state index in [9.17, 15) is 9.70 Å². The Bertz CT molecular complexity index is 745. The number of nitroso groups, excluding NO2 is 1. The molecule has 0 bridgehead atoms. The van der Waals surface area contributed by atoms with Crippen molar-refractivity contribution in [3.8, 4) is 11.3 Å². The number of amides is 1. The second kappa shape index (κ2) is 6.85. The Hall–Kier alpha value is -2.31. The molecule has 0 aliphatic carbocycles. The van der Waals surface area contributed by atoms with Crippen molar-refractivity contribution >= 4 is 23.2 Å². The van der Waals surface area contributed by atoms with Crippen molar-refractivity contribution in [2.24, 2.45) is 5.18 Å². The Kier molecular flexibility index (Phi) is 4.64. The normalized spacial score (nSPS) is 14.6. The van der Waals surface area contributed by atoms with Crippen LogP contribution in [0.3, 0.4) is 0 Å². The van der Waals surface area contributed by atoms with Gasteiger partial charge in [0.25, 0.3) is 5.91 Å². The molecule has 1 amide bonds. The molecular formula is C16H14ClN3O3. The fraction of sp³-hybridized carbons (Fsp3) is 0.250. The Morgan fingerprint density at radius 3 is 2.74 bits per heavy atom. The van der Waals surface area contributed by atoms with Crippen LogP contribution in [0.5, 0.6) is 0 Å². The highest BCUT2D eigenvalue weighted by atomic mass is 35.5. The molecule has 118 valence electrons. The number of nitrogens with zero attached hydrogens (tertiary/aromatic N) is 3. The lowest BCUT2D eigenvalue weighted by atomic mass is 10.1. The van der Waals surface area contributed by atoms with Crippen molar-refractivity contribution in [1.82, 2.24) is 9.88 Å². The summed E-state index contributed by atoms with van der Waals surface area (Å²) < 4.78 is 5.26. The Balaban J connectivity index is 1.95. The minimum absolute atomic E-state index is 0.108. The third kappa shape index (κ3) is 3.55. The number of morpholine rings is 1. The fourth-order valence-electron chi connectivity index (χ4n) is 2.44. The minimum atomic E-state index is -0.108. The number of rotatable bonds is 3. The van der Waals surface area contributed by atoms with Crippen LogP contribution in [0.4, 0.5) is 5.69 Å². The van der Waals surface area contributed by atoms with Gasteiger partial charge in [-0.25, -0.2) is 4.98 Å². The van der Waals surface area contributed by atoms with Crippen molar-refractivity contribution in [1.29, 1.82) is 0 Å². The third-order valence-electron chi connectivity index (χ3n) is 3.59. The van der Waals surface area contributed by atoms with Crippen molar-refractivity contribution in [2.45, 2.75) is 0 Å². The SMILES string of the molecule is O=Nc1cccc(-c2cc(C(=O)N3CCOCC3)cc(Cl)n2)c1. The second-order valence-corrected chi connectivity index (χ2v) is 5.50. The first-order valence-corrected chi connectivity index (χ1v) is 7.53.